The minimum atomic E-state index is -1.03. The SMILES string of the molecule is CCN(CC)Cc1cc(Nc2ccnc3cc(Cl)ccc23)ccc1O.C[C@H]1[C@H](OC(=O)CCC(=O)O)O[C@@H]2O[C@@]3(C)CC[C@H]4[C@H](C)CC[C@@H]1[C@@]24OO3. The number of aromatic hydroxyl groups is 1. The number of benzene rings is 2. The number of nitrogens with one attached hydrogen (secondary N) is 1. The Labute approximate surface area is 309 Å². The molecule has 1 aromatic heterocycles. The summed E-state index contributed by atoms with van der Waals surface area (Å²) in [5.41, 5.74) is 2.95. The number of anilines is 2. The van der Waals surface area contributed by atoms with E-state index in [0.29, 0.717) is 23.1 Å². The molecule has 1 aliphatic carbocycles. The van der Waals surface area contributed by atoms with E-state index in [1.165, 1.54) is 0 Å². The van der Waals surface area contributed by atoms with Crippen LogP contribution < -0.4 is 5.32 Å². The van der Waals surface area contributed by atoms with E-state index in [2.05, 4.69) is 36.0 Å². The van der Waals surface area contributed by atoms with Crippen LogP contribution in [0.25, 0.3) is 10.9 Å². The third-order valence-electron chi connectivity index (χ3n) is 11.2. The molecule has 5 heterocycles. The second kappa shape index (κ2) is 15.8. The normalized spacial score (nSPS) is 30.5. The number of carbonyl (C=O) groups excluding carboxylic acids is 1. The number of carboxylic acids is 1. The average molecular weight is 740 g/mol. The highest BCUT2D eigenvalue weighted by molar-refractivity contribution is 6.31. The minimum absolute atomic E-state index is 0.0670. The maximum atomic E-state index is 12.1. The van der Waals surface area contributed by atoms with Crippen LogP contribution >= 0.6 is 11.6 Å². The van der Waals surface area contributed by atoms with Crippen LogP contribution in [-0.2, 0) is 40.1 Å². The Morgan fingerprint density at radius 1 is 1.04 bits per heavy atom. The zero-order chi connectivity index (χ0) is 37.2. The van der Waals surface area contributed by atoms with Crippen LogP contribution in [0.4, 0.5) is 11.4 Å². The lowest BCUT2D eigenvalue weighted by atomic mass is 9.58. The van der Waals surface area contributed by atoms with E-state index in [1.807, 2.05) is 50.2 Å². The number of pyridine rings is 1. The molecule has 0 amide bonds. The van der Waals surface area contributed by atoms with Gasteiger partial charge in [-0.15, -0.1) is 0 Å². The molecular weight excluding hydrogens is 690 g/mol. The predicted octanol–water partition coefficient (Wildman–Crippen LogP) is 7.78. The van der Waals surface area contributed by atoms with E-state index in [9.17, 15) is 14.7 Å². The summed E-state index contributed by atoms with van der Waals surface area (Å²) in [7, 11) is 0. The molecule has 2 bridgehead atoms. The van der Waals surface area contributed by atoms with E-state index in [-0.39, 0.29) is 30.6 Å². The first kappa shape index (κ1) is 38.2. The van der Waals surface area contributed by atoms with Crippen LogP contribution in [0.3, 0.4) is 0 Å². The van der Waals surface area contributed by atoms with Crippen LogP contribution in [0.5, 0.6) is 5.75 Å². The molecule has 3 N–H and O–H groups in total. The van der Waals surface area contributed by atoms with Crippen molar-refractivity contribution in [2.45, 2.75) is 104 Å². The fourth-order valence-corrected chi connectivity index (χ4v) is 8.43. The molecule has 8 rings (SSSR count). The summed E-state index contributed by atoms with van der Waals surface area (Å²) in [6, 6.07) is 13.2. The van der Waals surface area contributed by atoms with Crippen LogP contribution in [0.1, 0.15) is 78.7 Å². The van der Waals surface area contributed by atoms with Gasteiger partial charge >= 0.3 is 11.9 Å². The number of ether oxygens (including phenoxy) is 3. The van der Waals surface area contributed by atoms with Gasteiger partial charge in [-0.25, -0.2) is 9.78 Å². The highest BCUT2D eigenvalue weighted by atomic mass is 35.5. The number of fused-ring (bicyclic) bond motifs is 3. The second-order valence-electron chi connectivity index (χ2n) is 14.6. The number of aromatic nitrogens is 1. The van der Waals surface area contributed by atoms with Gasteiger partial charge in [0.2, 0.25) is 12.1 Å². The first-order valence-corrected chi connectivity index (χ1v) is 18.7. The molecule has 282 valence electrons. The van der Waals surface area contributed by atoms with Crippen molar-refractivity contribution in [1.29, 1.82) is 0 Å². The fourth-order valence-electron chi connectivity index (χ4n) is 8.27. The Morgan fingerprint density at radius 2 is 1.83 bits per heavy atom. The predicted molar refractivity (Wildman–Crippen MR) is 195 cm³/mol. The molecule has 2 aromatic carbocycles. The third kappa shape index (κ3) is 7.88. The van der Waals surface area contributed by atoms with E-state index >= 15 is 0 Å². The first-order valence-electron chi connectivity index (χ1n) is 18.3. The summed E-state index contributed by atoms with van der Waals surface area (Å²) in [4.78, 5) is 41.2. The number of aliphatic carboxylic acids is 1. The lowest BCUT2D eigenvalue weighted by Crippen LogP contribution is -2.70. The van der Waals surface area contributed by atoms with Crippen LogP contribution in [0.2, 0.25) is 5.02 Å². The van der Waals surface area contributed by atoms with Crippen molar-refractivity contribution in [3.05, 3.63) is 59.2 Å². The lowest BCUT2D eigenvalue weighted by Gasteiger charge is -2.59. The first-order chi connectivity index (χ1) is 24.9. The van der Waals surface area contributed by atoms with Crippen LogP contribution in [0.15, 0.2) is 48.7 Å². The maximum absolute atomic E-state index is 12.1. The van der Waals surface area contributed by atoms with Gasteiger partial charge in [0.1, 0.15) is 5.75 Å². The molecule has 0 radical (unpaired) electrons. The number of phenolic OH excluding ortho intramolecular Hbond substituents is 1. The van der Waals surface area contributed by atoms with Gasteiger partial charge in [0.15, 0.2) is 11.9 Å². The van der Waals surface area contributed by atoms with E-state index < -0.39 is 35.9 Å². The molecule has 0 unspecified atom stereocenters. The van der Waals surface area contributed by atoms with Gasteiger partial charge in [-0.05, 0) is 93.6 Å². The Morgan fingerprint density at radius 3 is 2.58 bits per heavy atom. The number of carbonyl (C=O) groups is 2. The molecule has 1 saturated carbocycles. The summed E-state index contributed by atoms with van der Waals surface area (Å²) in [6.45, 7) is 12.9. The van der Waals surface area contributed by atoms with Gasteiger partial charge in [0.05, 0.1) is 18.4 Å². The molecule has 1 spiro atoms. The third-order valence-corrected chi connectivity index (χ3v) is 11.5. The number of rotatable bonds is 10. The largest absolute Gasteiger partial charge is 0.508 e. The van der Waals surface area contributed by atoms with E-state index in [4.69, 9.17) is 40.7 Å². The molecule has 12 nitrogen and oxygen atoms in total. The molecule has 5 aliphatic rings. The zero-order valence-corrected chi connectivity index (χ0v) is 31.2. The second-order valence-corrected chi connectivity index (χ2v) is 15.0. The van der Waals surface area contributed by atoms with Gasteiger partial charge < -0.3 is 29.7 Å². The number of hydrogen-bond acceptors (Lipinski definition) is 11. The Balaban J connectivity index is 0.000000179. The summed E-state index contributed by atoms with van der Waals surface area (Å²) in [5, 5.41) is 24.0. The van der Waals surface area contributed by atoms with Crippen molar-refractivity contribution in [1.82, 2.24) is 9.88 Å². The van der Waals surface area contributed by atoms with E-state index in [0.717, 1.165) is 66.7 Å². The monoisotopic (exact) mass is 739 g/mol. The van der Waals surface area contributed by atoms with Gasteiger partial charge in [0, 0.05) is 58.3 Å². The number of halogens is 1. The molecule has 52 heavy (non-hydrogen) atoms. The highest BCUT2D eigenvalue weighted by Gasteiger charge is 2.69. The molecule has 4 aliphatic heterocycles. The van der Waals surface area contributed by atoms with Gasteiger partial charge in [-0.3, -0.25) is 19.5 Å². The summed E-state index contributed by atoms with van der Waals surface area (Å²) in [6.07, 6.45) is 3.48. The minimum Gasteiger partial charge on any atom is -0.508 e. The van der Waals surface area contributed by atoms with Crippen LogP contribution in [0, 0.1) is 23.7 Å². The zero-order valence-electron chi connectivity index (χ0n) is 30.5. The number of phenols is 1. The topological polar surface area (TPSA) is 149 Å². The highest BCUT2D eigenvalue weighted by Crippen LogP contribution is 2.60. The lowest BCUT2D eigenvalue weighted by molar-refractivity contribution is -0.576. The Kier molecular flexibility index (Phi) is 11.6. The smallest absolute Gasteiger partial charge is 0.308 e. The van der Waals surface area contributed by atoms with Crippen molar-refractivity contribution < 1.29 is 43.8 Å². The summed E-state index contributed by atoms with van der Waals surface area (Å²) in [5.74, 6) is -1.50. The average Bonchev–Trinajstić information content (AvgIpc) is 3.35. The molecule has 5 fully saturated rings. The number of esters is 1. The molecule has 8 atom stereocenters. The Hall–Kier alpha value is -3.52. The van der Waals surface area contributed by atoms with Crippen LogP contribution in [-0.4, -0.2) is 69.1 Å². The van der Waals surface area contributed by atoms with Gasteiger partial charge in [-0.1, -0.05) is 39.3 Å². The maximum Gasteiger partial charge on any atom is 0.308 e. The fraction of sp³-hybridized carbons (Fsp3) is 0.564. The number of nitrogens with zero attached hydrogens (tertiary/aromatic N) is 2. The number of carboxylic acid groups (broad SMARTS) is 1. The summed E-state index contributed by atoms with van der Waals surface area (Å²) >= 11 is 6.05. The number of hydrogen-bond donors (Lipinski definition) is 3. The Bertz CT molecular complexity index is 1760. The molecule has 13 heteroatoms. The standard InChI is InChI=1S/C20H22ClN3O.C19H28O8/c1-3-24(4-2)13-14-11-16(6-8-20(14)25)23-18-9-10-22-19-12-15(21)5-7-17(18)19;1-10-4-5-13-11(2)16(23-15(22)7-6-14(20)21)24-17-19(13)12(10)8-9-18(3,25-17)26-27-19/h5-12,25H,3-4,13H2,1-2H3,(H,22,23);10-13,16-17H,4-9H2,1-3H3,(H,20,21)/t;10-,11-,12+,13+,16-,17-,18-,19-/m.1/s1. The van der Waals surface area contributed by atoms with Crippen molar-refractivity contribution in [3.8, 4) is 5.75 Å². The molecular formula is C39H50ClN3O9. The van der Waals surface area contributed by atoms with Gasteiger partial charge in [-0.2, -0.15) is 0 Å². The van der Waals surface area contributed by atoms with Crippen molar-refractivity contribution in [3.63, 3.8) is 0 Å². The van der Waals surface area contributed by atoms with Crippen molar-refractivity contribution in [2.24, 2.45) is 23.7 Å². The van der Waals surface area contributed by atoms with E-state index in [1.54, 1.807) is 12.3 Å². The quantitative estimate of drug-likeness (QED) is 0.106. The summed E-state index contributed by atoms with van der Waals surface area (Å²) < 4.78 is 17.8. The van der Waals surface area contributed by atoms with Gasteiger partial charge in [0.25, 0.3) is 0 Å². The molecule has 4 saturated heterocycles. The molecule has 3 aromatic rings. The van der Waals surface area contributed by atoms with Crippen molar-refractivity contribution >= 4 is 45.8 Å². The van der Waals surface area contributed by atoms with Crippen molar-refractivity contribution in [2.75, 3.05) is 18.4 Å².